The van der Waals surface area contributed by atoms with Crippen molar-refractivity contribution in [3.63, 3.8) is 0 Å². The SMILES string of the molecule is COC1=CC(=O)[C@@]2([C@@H](Cl)C[C@@]34C(OC)=C(OC)C(=O)C[C@@]23CCN4C)[C@H]1O. The van der Waals surface area contributed by atoms with E-state index < -0.39 is 27.8 Å². The van der Waals surface area contributed by atoms with Gasteiger partial charge in [-0.2, -0.15) is 0 Å². The second kappa shape index (κ2) is 5.72. The molecule has 4 aliphatic rings. The van der Waals surface area contributed by atoms with E-state index in [1.807, 2.05) is 7.05 Å². The number of aliphatic hydroxyl groups is 1. The molecule has 148 valence electrons. The lowest BCUT2D eigenvalue weighted by Crippen LogP contribution is -2.63. The molecule has 2 fully saturated rings. The van der Waals surface area contributed by atoms with Crippen molar-refractivity contribution >= 4 is 23.2 Å². The van der Waals surface area contributed by atoms with Gasteiger partial charge in [0.05, 0.1) is 37.7 Å². The number of likely N-dealkylation sites (N-methyl/N-ethyl adjacent to an activating group) is 1. The van der Waals surface area contributed by atoms with E-state index in [9.17, 15) is 14.7 Å². The van der Waals surface area contributed by atoms with Crippen LogP contribution in [0.2, 0.25) is 0 Å². The Kier molecular flexibility index (Phi) is 3.98. The molecule has 1 aliphatic heterocycles. The van der Waals surface area contributed by atoms with Crippen LogP contribution in [0.5, 0.6) is 0 Å². The van der Waals surface area contributed by atoms with E-state index in [-0.39, 0.29) is 29.5 Å². The largest absolute Gasteiger partial charge is 0.498 e. The zero-order valence-corrected chi connectivity index (χ0v) is 16.6. The van der Waals surface area contributed by atoms with E-state index in [4.69, 9.17) is 25.8 Å². The van der Waals surface area contributed by atoms with Crippen LogP contribution >= 0.6 is 11.6 Å². The number of alkyl halides is 1. The topological polar surface area (TPSA) is 85.3 Å². The molecule has 5 atom stereocenters. The van der Waals surface area contributed by atoms with E-state index in [0.29, 0.717) is 25.1 Å². The van der Waals surface area contributed by atoms with Gasteiger partial charge in [0.1, 0.15) is 11.9 Å². The standard InChI is InChI=1S/C19H24ClNO6/c1-21-6-5-17-8-10(22)14(26-3)16(27-4)18(17,21)9-12(20)19(17)13(23)7-11(25-2)15(19)24/h7,12,15,24H,5-6,8-9H2,1-4H3/t12-,15-,17+,18+,19-/m0/s1. The number of likely N-dealkylation sites (tertiary alicyclic amines) is 1. The lowest BCUT2D eigenvalue weighted by atomic mass is 9.52. The first-order valence-electron chi connectivity index (χ1n) is 8.97. The second-order valence-electron chi connectivity index (χ2n) is 7.84. The number of nitrogens with zero attached hydrogens (tertiary/aromatic N) is 1. The lowest BCUT2D eigenvalue weighted by molar-refractivity contribution is -0.148. The fourth-order valence-corrected chi connectivity index (χ4v) is 7.08. The third-order valence-corrected chi connectivity index (χ3v) is 7.90. The van der Waals surface area contributed by atoms with Crippen LogP contribution in [0.1, 0.15) is 19.3 Å². The van der Waals surface area contributed by atoms with Crippen LogP contribution in [0.3, 0.4) is 0 Å². The monoisotopic (exact) mass is 397 g/mol. The van der Waals surface area contributed by atoms with Gasteiger partial charge >= 0.3 is 0 Å². The minimum absolute atomic E-state index is 0.0597. The smallest absolute Gasteiger partial charge is 0.201 e. The highest BCUT2D eigenvalue weighted by Gasteiger charge is 2.83. The van der Waals surface area contributed by atoms with Crippen molar-refractivity contribution in [3.05, 3.63) is 23.4 Å². The molecule has 0 aromatic heterocycles. The predicted octanol–water partition coefficient (Wildman–Crippen LogP) is 0.996. The number of hydrogen-bond acceptors (Lipinski definition) is 7. The normalized spacial score (nSPS) is 43.9. The first-order valence-corrected chi connectivity index (χ1v) is 9.41. The van der Waals surface area contributed by atoms with Gasteiger partial charge in [0.15, 0.2) is 11.5 Å². The third kappa shape index (κ3) is 1.72. The van der Waals surface area contributed by atoms with Gasteiger partial charge in [0.25, 0.3) is 0 Å². The number of halogens is 1. The van der Waals surface area contributed by atoms with Crippen LogP contribution in [-0.4, -0.2) is 73.5 Å². The fourth-order valence-electron chi connectivity index (χ4n) is 6.42. The molecule has 1 N–H and O–H groups in total. The number of aliphatic hydroxyl groups excluding tert-OH is 1. The summed E-state index contributed by atoms with van der Waals surface area (Å²) >= 11 is 6.85. The summed E-state index contributed by atoms with van der Waals surface area (Å²) in [7, 11) is 6.29. The fraction of sp³-hybridized carbons (Fsp3) is 0.684. The predicted molar refractivity (Wildman–Crippen MR) is 95.9 cm³/mol. The Morgan fingerprint density at radius 3 is 2.48 bits per heavy atom. The summed E-state index contributed by atoms with van der Waals surface area (Å²) in [6, 6.07) is 0. The van der Waals surface area contributed by atoms with Crippen molar-refractivity contribution in [3.8, 4) is 0 Å². The lowest BCUT2D eigenvalue weighted by Gasteiger charge is -2.53. The maximum atomic E-state index is 13.3. The van der Waals surface area contributed by atoms with E-state index >= 15 is 0 Å². The van der Waals surface area contributed by atoms with Gasteiger partial charge in [-0.25, -0.2) is 0 Å². The third-order valence-electron chi connectivity index (χ3n) is 7.40. The Morgan fingerprint density at radius 2 is 1.93 bits per heavy atom. The minimum Gasteiger partial charge on any atom is -0.498 e. The maximum Gasteiger partial charge on any atom is 0.201 e. The average molecular weight is 398 g/mol. The highest BCUT2D eigenvalue weighted by atomic mass is 35.5. The number of hydrogen-bond donors (Lipinski definition) is 1. The van der Waals surface area contributed by atoms with Gasteiger partial charge in [-0.05, 0) is 26.4 Å². The summed E-state index contributed by atoms with van der Waals surface area (Å²) in [4.78, 5) is 28.4. The van der Waals surface area contributed by atoms with Gasteiger partial charge < -0.3 is 19.3 Å². The first-order chi connectivity index (χ1) is 12.8. The highest BCUT2D eigenvalue weighted by molar-refractivity contribution is 6.25. The molecule has 27 heavy (non-hydrogen) atoms. The Bertz CT molecular complexity index is 793. The number of methoxy groups -OCH3 is 3. The molecule has 0 bridgehead atoms. The molecule has 1 saturated heterocycles. The molecule has 3 aliphatic carbocycles. The molecule has 1 spiro atoms. The molecule has 0 unspecified atom stereocenters. The Hall–Kier alpha value is -1.57. The molecule has 8 heteroatoms. The maximum absolute atomic E-state index is 13.3. The Labute approximate surface area is 162 Å². The summed E-state index contributed by atoms with van der Waals surface area (Å²) in [5.41, 5.74) is -3.05. The number of allylic oxidation sites excluding steroid dienone is 2. The first kappa shape index (κ1) is 18.8. The summed E-state index contributed by atoms with van der Waals surface area (Å²) in [6.45, 7) is 0.644. The summed E-state index contributed by atoms with van der Waals surface area (Å²) in [5, 5.41) is 10.5. The Morgan fingerprint density at radius 1 is 1.22 bits per heavy atom. The van der Waals surface area contributed by atoms with Crippen molar-refractivity contribution in [2.24, 2.45) is 10.8 Å². The molecule has 1 saturated carbocycles. The van der Waals surface area contributed by atoms with E-state index in [1.165, 1.54) is 27.4 Å². The number of carbonyl (C=O) groups excluding carboxylic acids is 2. The minimum atomic E-state index is -1.34. The van der Waals surface area contributed by atoms with Crippen LogP contribution in [0.4, 0.5) is 0 Å². The number of ether oxygens (including phenoxy) is 3. The number of ketones is 2. The van der Waals surface area contributed by atoms with E-state index in [1.54, 1.807) is 0 Å². The molecule has 7 nitrogen and oxygen atoms in total. The average Bonchev–Trinajstić information content (AvgIpc) is 3.15. The molecule has 0 amide bonds. The zero-order chi connectivity index (χ0) is 19.8. The van der Waals surface area contributed by atoms with Crippen molar-refractivity contribution in [2.45, 2.75) is 36.3 Å². The van der Waals surface area contributed by atoms with Gasteiger partial charge in [0.2, 0.25) is 11.5 Å². The second-order valence-corrected chi connectivity index (χ2v) is 8.37. The molecular formula is C19H24ClNO6. The van der Waals surface area contributed by atoms with Crippen LogP contribution in [-0.2, 0) is 23.8 Å². The molecule has 4 rings (SSSR count). The van der Waals surface area contributed by atoms with Crippen molar-refractivity contribution in [1.29, 1.82) is 0 Å². The molecule has 0 radical (unpaired) electrons. The molecule has 1 heterocycles. The van der Waals surface area contributed by atoms with Crippen molar-refractivity contribution in [2.75, 3.05) is 34.9 Å². The molecular weight excluding hydrogens is 374 g/mol. The summed E-state index contributed by atoms with van der Waals surface area (Å²) in [6.07, 6.45) is 1.08. The quantitative estimate of drug-likeness (QED) is 0.711. The van der Waals surface area contributed by atoms with Crippen LogP contribution < -0.4 is 0 Å². The summed E-state index contributed by atoms with van der Waals surface area (Å²) < 4.78 is 16.4. The van der Waals surface area contributed by atoms with Gasteiger partial charge in [-0.15, -0.1) is 11.6 Å². The number of Topliss-reactive ketones (excluding diaryl/α,β-unsaturated/α-hetero) is 1. The zero-order valence-electron chi connectivity index (χ0n) is 15.9. The van der Waals surface area contributed by atoms with Crippen LogP contribution in [0, 0.1) is 10.8 Å². The molecule has 0 aromatic rings. The van der Waals surface area contributed by atoms with Crippen molar-refractivity contribution in [1.82, 2.24) is 4.90 Å². The van der Waals surface area contributed by atoms with E-state index in [0.717, 1.165) is 0 Å². The Balaban J connectivity index is 2.04. The molecule has 0 aromatic carbocycles. The van der Waals surface area contributed by atoms with Gasteiger partial charge in [-0.1, -0.05) is 0 Å². The number of rotatable bonds is 3. The summed E-state index contributed by atoms with van der Waals surface area (Å²) in [5.74, 6) is 0.236. The van der Waals surface area contributed by atoms with Gasteiger partial charge in [0, 0.05) is 17.9 Å². The van der Waals surface area contributed by atoms with Crippen LogP contribution in [0.15, 0.2) is 23.4 Å². The van der Waals surface area contributed by atoms with E-state index in [2.05, 4.69) is 4.90 Å². The highest BCUT2D eigenvalue weighted by Crippen LogP contribution is 2.74. The van der Waals surface area contributed by atoms with Crippen LogP contribution in [0.25, 0.3) is 0 Å². The van der Waals surface area contributed by atoms with Crippen molar-refractivity contribution < 1.29 is 28.9 Å². The van der Waals surface area contributed by atoms with Gasteiger partial charge in [-0.3, -0.25) is 14.5 Å². The number of carbonyl (C=O) groups is 2.